The predicted octanol–water partition coefficient (Wildman–Crippen LogP) is 6.91. The Kier molecular flexibility index (Phi) is 2.40. The predicted molar refractivity (Wildman–Crippen MR) is 117 cm³/mol. The highest BCUT2D eigenvalue weighted by Gasteiger charge is 2.28. The molecule has 7 rings (SSSR count). The van der Waals surface area contributed by atoms with Crippen molar-refractivity contribution < 1.29 is 0 Å². The summed E-state index contributed by atoms with van der Waals surface area (Å²) in [5, 5.41) is 14.6. The van der Waals surface area contributed by atoms with Gasteiger partial charge in [-0.15, -0.1) is 0 Å². The molecular weight excluding hydrogens is 354 g/mol. The van der Waals surface area contributed by atoms with Gasteiger partial charge in [0.2, 0.25) is 0 Å². The average molecular weight is 365 g/mol. The molecule has 0 saturated heterocycles. The van der Waals surface area contributed by atoms with Crippen LogP contribution in [-0.4, -0.2) is 4.40 Å². The molecule has 29 heavy (non-hydrogen) atoms. The van der Waals surface area contributed by atoms with Crippen molar-refractivity contribution in [2.75, 3.05) is 0 Å². The maximum atomic E-state index is 9.94. The Morgan fingerprint density at radius 3 is 2.00 bits per heavy atom. The van der Waals surface area contributed by atoms with Crippen LogP contribution < -0.4 is 0 Å². The van der Waals surface area contributed by atoms with Crippen molar-refractivity contribution >= 4 is 43.8 Å². The highest BCUT2D eigenvalue weighted by Crippen LogP contribution is 2.52. The molecule has 3 heteroatoms. The van der Waals surface area contributed by atoms with Crippen molar-refractivity contribution in [3.05, 3.63) is 83.7 Å². The number of fused-ring (bicyclic) bond motifs is 5. The molecule has 4 aromatic carbocycles. The molecule has 3 heterocycles. The van der Waals surface area contributed by atoms with Crippen LogP contribution in [0.5, 0.6) is 0 Å². The topological polar surface area (TPSA) is 32.6 Å². The minimum atomic E-state index is 0.644. The number of para-hydroxylation sites is 1. The second-order valence-corrected chi connectivity index (χ2v) is 7.55. The van der Waals surface area contributed by atoms with Crippen LogP contribution >= 0.6 is 0 Å². The van der Waals surface area contributed by atoms with Crippen molar-refractivity contribution in [2.24, 2.45) is 0 Å². The normalized spacial score (nSPS) is 12.1. The van der Waals surface area contributed by atoms with E-state index < -0.39 is 0 Å². The van der Waals surface area contributed by atoms with Crippen LogP contribution in [0.2, 0.25) is 0 Å². The van der Waals surface area contributed by atoms with Crippen LogP contribution in [0.25, 0.3) is 65.2 Å². The van der Waals surface area contributed by atoms with E-state index in [9.17, 15) is 5.26 Å². The summed E-state index contributed by atoms with van der Waals surface area (Å²) in [5.74, 6) is 0. The van der Waals surface area contributed by atoms with Gasteiger partial charge in [-0.1, -0.05) is 60.7 Å². The number of aromatic nitrogens is 1. The van der Waals surface area contributed by atoms with E-state index in [1.165, 1.54) is 16.3 Å². The van der Waals surface area contributed by atoms with Crippen molar-refractivity contribution in [3.8, 4) is 28.3 Å². The zero-order chi connectivity index (χ0) is 19.3. The van der Waals surface area contributed by atoms with Gasteiger partial charge in [-0.05, 0) is 17.2 Å². The molecule has 1 aliphatic rings. The summed E-state index contributed by atoms with van der Waals surface area (Å²) < 4.78 is 2.30. The van der Waals surface area contributed by atoms with Crippen molar-refractivity contribution in [2.45, 2.75) is 0 Å². The maximum Gasteiger partial charge on any atom is 0.197 e. The van der Waals surface area contributed by atoms with Crippen LogP contribution in [0.15, 0.2) is 66.7 Å². The highest BCUT2D eigenvalue weighted by molar-refractivity contribution is 6.29. The maximum absolute atomic E-state index is 9.94. The third kappa shape index (κ3) is 1.48. The van der Waals surface area contributed by atoms with Gasteiger partial charge in [0, 0.05) is 32.7 Å². The smallest absolute Gasteiger partial charge is 0.197 e. The minimum Gasteiger partial charge on any atom is -0.308 e. The van der Waals surface area contributed by atoms with Gasteiger partial charge in [0.05, 0.1) is 34.8 Å². The molecule has 0 fully saturated rings. The highest BCUT2D eigenvalue weighted by atomic mass is 14.9. The largest absolute Gasteiger partial charge is 0.308 e. The molecule has 130 valence electrons. The monoisotopic (exact) mass is 365 g/mol. The number of rotatable bonds is 0. The van der Waals surface area contributed by atoms with E-state index in [-0.39, 0.29) is 0 Å². The molecule has 0 N–H and O–H groups in total. The number of hydrogen-bond donors (Lipinski definition) is 0. The van der Waals surface area contributed by atoms with E-state index in [1.54, 1.807) is 0 Å². The van der Waals surface area contributed by atoms with Crippen LogP contribution in [0.3, 0.4) is 0 Å². The molecule has 0 unspecified atom stereocenters. The molecule has 3 nitrogen and oxygen atoms in total. The molecule has 0 atom stereocenters. The third-order valence-electron chi connectivity index (χ3n) is 6.33. The Morgan fingerprint density at radius 1 is 0.690 bits per heavy atom. The number of nitriles is 1. The van der Waals surface area contributed by atoms with Gasteiger partial charge in [0.15, 0.2) is 5.69 Å². The van der Waals surface area contributed by atoms with E-state index >= 15 is 0 Å². The van der Waals surface area contributed by atoms with Gasteiger partial charge >= 0.3 is 0 Å². The zero-order valence-electron chi connectivity index (χ0n) is 15.2. The first-order valence-corrected chi connectivity index (χ1v) is 9.48. The first kappa shape index (κ1) is 14.7. The quantitative estimate of drug-likeness (QED) is 0.269. The van der Waals surface area contributed by atoms with Crippen LogP contribution in [0.1, 0.15) is 5.56 Å². The summed E-state index contributed by atoms with van der Waals surface area (Å²) in [6, 6.07) is 25.0. The molecule has 6 aromatic rings. The van der Waals surface area contributed by atoms with Crippen LogP contribution in [0.4, 0.5) is 5.69 Å². The van der Waals surface area contributed by atoms with Crippen molar-refractivity contribution in [1.82, 2.24) is 4.40 Å². The van der Waals surface area contributed by atoms with E-state index in [0.717, 1.165) is 44.1 Å². The lowest BCUT2D eigenvalue weighted by molar-refractivity contribution is 1.38. The summed E-state index contributed by atoms with van der Waals surface area (Å²) in [7, 11) is 0. The number of benzene rings is 4. The summed E-state index contributed by atoms with van der Waals surface area (Å²) in [6.45, 7) is 7.82. The molecule has 0 saturated carbocycles. The Bertz CT molecular complexity index is 1650. The third-order valence-corrected chi connectivity index (χ3v) is 6.33. The SMILES string of the molecule is [C-]#[N+]c1ccc2c3cccc4c5ccc(C#N)c6c5n(c2c1-c1ccccc1-6)c43. The van der Waals surface area contributed by atoms with Gasteiger partial charge in [-0.2, -0.15) is 5.26 Å². The summed E-state index contributed by atoms with van der Waals surface area (Å²) >= 11 is 0. The summed E-state index contributed by atoms with van der Waals surface area (Å²) in [6.07, 6.45) is 0. The van der Waals surface area contributed by atoms with E-state index in [0.29, 0.717) is 11.3 Å². The fraction of sp³-hybridized carbons (Fsp3) is 0. The van der Waals surface area contributed by atoms with E-state index in [4.69, 9.17) is 6.57 Å². The fourth-order valence-corrected chi connectivity index (χ4v) is 5.27. The molecule has 1 aliphatic heterocycles. The van der Waals surface area contributed by atoms with Gasteiger partial charge in [0.25, 0.3) is 0 Å². The molecule has 2 aromatic heterocycles. The second-order valence-electron chi connectivity index (χ2n) is 7.55. The van der Waals surface area contributed by atoms with Crippen LogP contribution in [0, 0.1) is 17.9 Å². The van der Waals surface area contributed by atoms with E-state index in [1.807, 2.05) is 24.3 Å². The first-order valence-electron chi connectivity index (χ1n) is 9.48. The molecule has 0 radical (unpaired) electrons. The molecule has 0 aliphatic carbocycles. The Morgan fingerprint density at radius 2 is 1.31 bits per heavy atom. The Labute approximate surface area is 165 Å². The van der Waals surface area contributed by atoms with Gasteiger partial charge < -0.3 is 4.40 Å². The van der Waals surface area contributed by atoms with Crippen molar-refractivity contribution in [3.63, 3.8) is 0 Å². The average Bonchev–Trinajstić information content (AvgIpc) is 3.24. The van der Waals surface area contributed by atoms with E-state index in [2.05, 4.69) is 57.8 Å². The number of nitrogens with zero attached hydrogens (tertiary/aromatic N) is 3. The lowest BCUT2D eigenvalue weighted by atomic mass is 9.90. The van der Waals surface area contributed by atoms with Gasteiger partial charge in [-0.3, -0.25) is 0 Å². The second kappa shape index (κ2) is 4.73. The molecular formula is C26H11N3. The van der Waals surface area contributed by atoms with Gasteiger partial charge in [0.1, 0.15) is 0 Å². The molecule has 0 amide bonds. The first-order chi connectivity index (χ1) is 14.3. The number of hydrogen-bond acceptors (Lipinski definition) is 1. The summed E-state index contributed by atoms with van der Waals surface area (Å²) in [5.41, 5.74) is 8.57. The fourth-order valence-electron chi connectivity index (χ4n) is 5.27. The molecule has 0 spiro atoms. The lowest BCUT2D eigenvalue weighted by Gasteiger charge is -2.12. The Balaban J connectivity index is 1.99. The standard InChI is InChI=1S/C26H11N3/c1-28-21-12-11-20-18-8-4-7-17-19-10-9-14(13-27)22-15-5-2-3-6-16(15)23(21)26(20)29(24(17)18)25(19)22/h2-12H. The Hall–Kier alpha value is -4.34. The van der Waals surface area contributed by atoms with Crippen molar-refractivity contribution in [1.29, 1.82) is 5.26 Å². The summed E-state index contributed by atoms with van der Waals surface area (Å²) in [4.78, 5) is 3.87. The van der Waals surface area contributed by atoms with Gasteiger partial charge in [-0.25, -0.2) is 4.85 Å². The zero-order valence-corrected chi connectivity index (χ0v) is 15.2. The van der Waals surface area contributed by atoms with Crippen LogP contribution in [-0.2, 0) is 0 Å². The minimum absolute atomic E-state index is 0.644. The molecule has 0 bridgehead atoms. The lowest BCUT2D eigenvalue weighted by Crippen LogP contribution is -1.89.